The Morgan fingerprint density at radius 1 is 0.585 bits per heavy atom. The van der Waals surface area contributed by atoms with Gasteiger partial charge in [-0.3, -0.25) is 4.98 Å². The van der Waals surface area contributed by atoms with Crippen molar-refractivity contribution in [1.29, 1.82) is 0 Å². The summed E-state index contributed by atoms with van der Waals surface area (Å²) in [5.41, 5.74) is 12.8. The van der Waals surface area contributed by atoms with Gasteiger partial charge in [-0.25, -0.2) is 9.98 Å². The predicted octanol–water partition coefficient (Wildman–Crippen LogP) is 12.4. The molecule has 1 aliphatic carbocycles. The standard InChI is InChI=1S/C49H46N4/c1-32(34-16-10-9-11-17-34)51-46(37-25-29-43(50-31-37)36-24-28-41-42(30-36)48(5,6)49(7,8)47(41,3)4)52-33(2)35-22-26-38(27-23-35)53-44-20-14-12-18-39(44)40-19-13-15-21-45(40)53/h9-31H,1H2,2-8H3/b51-46-,52-33+. The molecule has 8 rings (SSSR count). The average Bonchev–Trinajstić information content (AvgIpc) is 3.56. The fourth-order valence-electron chi connectivity index (χ4n) is 8.17. The number of benzene rings is 5. The Morgan fingerprint density at radius 3 is 1.79 bits per heavy atom. The van der Waals surface area contributed by atoms with Crippen molar-refractivity contribution >= 4 is 39.1 Å². The molecule has 53 heavy (non-hydrogen) atoms. The van der Waals surface area contributed by atoms with E-state index in [1.54, 1.807) is 0 Å². The maximum atomic E-state index is 5.13. The van der Waals surface area contributed by atoms with Crippen LogP contribution in [0, 0.1) is 5.41 Å². The third-order valence-corrected chi connectivity index (χ3v) is 12.6. The molecule has 0 N–H and O–H groups in total. The number of para-hydroxylation sites is 2. The Kier molecular flexibility index (Phi) is 8.18. The van der Waals surface area contributed by atoms with E-state index in [2.05, 4.69) is 156 Å². The van der Waals surface area contributed by atoms with Crippen molar-refractivity contribution in [3.8, 4) is 16.9 Å². The second-order valence-electron chi connectivity index (χ2n) is 15.9. The summed E-state index contributed by atoms with van der Waals surface area (Å²) in [4.78, 5) is 15.1. The smallest absolute Gasteiger partial charge is 0.161 e. The third-order valence-electron chi connectivity index (χ3n) is 12.6. The van der Waals surface area contributed by atoms with Crippen LogP contribution in [0.15, 0.2) is 156 Å². The van der Waals surface area contributed by atoms with E-state index in [4.69, 9.17) is 15.0 Å². The molecule has 4 nitrogen and oxygen atoms in total. The molecule has 0 unspecified atom stereocenters. The third kappa shape index (κ3) is 5.56. The number of hydrogen-bond acceptors (Lipinski definition) is 2. The van der Waals surface area contributed by atoms with Crippen LogP contribution in [0.1, 0.15) is 76.3 Å². The number of fused-ring (bicyclic) bond motifs is 4. The molecule has 0 radical (unpaired) electrons. The maximum absolute atomic E-state index is 5.13. The van der Waals surface area contributed by atoms with Gasteiger partial charge in [0, 0.05) is 39.5 Å². The van der Waals surface area contributed by atoms with Crippen LogP contribution in [0.25, 0.3) is 44.4 Å². The molecule has 0 saturated heterocycles. The molecular formula is C49H46N4. The van der Waals surface area contributed by atoms with Crippen LogP contribution in [0.5, 0.6) is 0 Å². The zero-order valence-electron chi connectivity index (χ0n) is 31.8. The minimum absolute atomic E-state index is 0.0211. The molecule has 1 aliphatic rings. The van der Waals surface area contributed by atoms with Gasteiger partial charge in [0.05, 0.1) is 22.4 Å². The van der Waals surface area contributed by atoms with Gasteiger partial charge in [-0.1, -0.05) is 139 Å². The van der Waals surface area contributed by atoms with Crippen molar-refractivity contribution < 1.29 is 0 Å². The summed E-state index contributed by atoms with van der Waals surface area (Å²) >= 11 is 0. The van der Waals surface area contributed by atoms with Crippen LogP contribution in [-0.2, 0) is 10.8 Å². The minimum Gasteiger partial charge on any atom is -0.309 e. The minimum atomic E-state index is 0.0211. The van der Waals surface area contributed by atoms with Crippen molar-refractivity contribution in [2.24, 2.45) is 15.4 Å². The van der Waals surface area contributed by atoms with Gasteiger partial charge in [0.1, 0.15) is 0 Å². The van der Waals surface area contributed by atoms with E-state index in [1.165, 1.54) is 32.9 Å². The summed E-state index contributed by atoms with van der Waals surface area (Å²) in [7, 11) is 0. The summed E-state index contributed by atoms with van der Waals surface area (Å²) in [5.74, 6) is 0.570. The van der Waals surface area contributed by atoms with Gasteiger partial charge in [0.15, 0.2) is 5.84 Å². The van der Waals surface area contributed by atoms with E-state index >= 15 is 0 Å². The Balaban J connectivity index is 1.15. The first-order valence-electron chi connectivity index (χ1n) is 18.5. The summed E-state index contributed by atoms with van der Waals surface area (Å²) < 4.78 is 2.33. The number of pyridine rings is 1. The molecule has 4 heteroatoms. The highest BCUT2D eigenvalue weighted by Gasteiger charge is 2.56. The molecule has 5 aromatic carbocycles. The Hall–Kier alpha value is -5.87. The van der Waals surface area contributed by atoms with Crippen molar-refractivity contribution in [3.63, 3.8) is 0 Å². The topological polar surface area (TPSA) is 42.5 Å². The molecule has 0 fully saturated rings. The molecule has 7 aromatic rings. The van der Waals surface area contributed by atoms with E-state index < -0.39 is 0 Å². The highest BCUT2D eigenvalue weighted by atomic mass is 15.0. The highest BCUT2D eigenvalue weighted by Crippen LogP contribution is 2.61. The maximum Gasteiger partial charge on any atom is 0.161 e. The molecule has 262 valence electrons. The first-order valence-corrected chi connectivity index (χ1v) is 18.5. The number of nitrogens with zero attached hydrogens (tertiary/aromatic N) is 4. The zero-order chi connectivity index (χ0) is 37.1. The normalized spacial score (nSPS) is 16.2. The number of amidine groups is 1. The number of rotatable bonds is 6. The summed E-state index contributed by atoms with van der Waals surface area (Å²) in [5, 5.41) is 2.49. The quantitative estimate of drug-likeness (QED) is 0.126. The second kappa shape index (κ2) is 12.7. The molecule has 2 aromatic heterocycles. The predicted molar refractivity (Wildman–Crippen MR) is 225 cm³/mol. The van der Waals surface area contributed by atoms with Gasteiger partial charge >= 0.3 is 0 Å². The van der Waals surface area contributed by atoms with Crippen LogP contribution in [0.3, 0.4) is 0 Å². The first kappa shape index (κ1) is 34.2. The van der Waals surface area contributed by atoms with E-state index in [0.717, 1.165) is 39.3 Å². The van der Waals surface area contributed by atoms with Gasteiger partial charge in [-0.05, 0) is 87.9 Å². The van der Waals surface area contributed by atoms with Gasteiger partial charge in [-0.15, -0.1) is 0 Å². The van der Waals surface area contributed by atoms with Gasteiger partial charge < -0.3 is 4.57 Å². The number of hydrogen-bond donors (Lipinski definition) is 0. The van der Waals surface area contributed by atoms with E-state index in [-0.39, 0.29) is 16.2 Å². The number of aliphatic imine (C=N–C) groups is 2. The fourth-order valence-corrected chi connectivity index (χ4v) is 8.17. The van der Waals surface area contributed by atoms with E-state index in [9.17, 15) is 0 Å². The van der Waals surface area contributed by atoms with Crippen molar-refractivity contribution in [3.05, 3.63) is 174 Å². The second-order valence-corrected chi connectivity index (χ2v) is 15.9. The Labute approximate surface area is 313 Å². The van der Waals surface area contributed by atoms with Crippen molar-refractivity contribution in [2.45, 2.75) is 59.3 Å². The highest BCUT2D eigenvalue weighted by molar-refractivity contribution is 6.13. The lowest BCUT2D eigenvalue weighted by atomic mass is 9.59. The SMILES string of the molecule is C=C(/N=C(\N=C(/C)c1ccc(-n2c3ccccc3c3ccccc32)cc1)c1ccc(-c2ccc3c(c2)C(C)(C)C(C)(C)C3(C)C)nc1)c1ccccc1. The lowest BCUT2D eigenvalue weighted by molar-refractivity contribution is 0.125. The molecule has 0 amide bonds. The van der Waals surface area contributed by atoms with E-state index in [0.29, 0.717) is 11.5 Å². The van der Waals surface area contributed by atoms with Gasteiger partial charge in [-0.2, -0.15) is 0 Å². The van der Waals surface area contributed by atoms with Crippen LogP contribution in [0.4, 0.5) is 0 Å². The van der Waals surface area contributed by atoms with Crippen molar-refractivity contribution in [2.75, 3.05) is 0 Å². The first-order chi connectivity index (χ1) is 25.4. The molecular weight excluding hydrogens is 645 g/mol. The molecule has 0 bridgehead atoms. The van der Waals surface area contributed by atoms with Gasteiger partial charge in [0.2, 0.25) is 0 Å². The lowest BCUT2D eigenvalue weighted by Crippen LogP contribution is -2.42. The monoisotopic (exact) mass is 690 g/mol. The summed E-state index contributed by atoms with van der Waals surface area (Å²) in [6, 6.07) is 46.9. The van der Waals surface area contributed by atoms with Crippen molar-refractivity contribution in [1.82, 2.24) is 9.55 Å². The van der Waals surface area contributed by atoms with Crippen LogP contribution < -0.4 is 0 Å². The number of aromatic nitrogens is 2. The van der Waals surface area contributed by atoms with E-state index in [1.807, 2.05) is 43.5 Å². The summed E-state index contributed by atoms with van der Waals surface area (Å²) in [6.45, 7) is 20.6. The summed E-state index contributed by atoms with van der Waals surface area (Å²) in [6.07, 6.45) is 1.89. The molecule has 0 saturated carbocycles. The van der Waals surface area contributed by atoms with Crippen LogP contribution in [-0.4, -0.2) is 21.1 Å². The average molecular weight is 691 g/mol. The van der Waals surface area contributed by atoms with Crippen LogP contribution >= 0.6 is 0 Å². The molecule has 0 aliphatic heterocycles. The zero-order valence-corrected chi connectivity index (χ0v) is 31.8. The largest absolute Gasteiger partial charge is 0.309 e. The lowest BCUT2D eigenvalue weighted by Gasteiger charge is -2.44. The Bertz CT molecular complexity index is 2530. The van der Waals surface area contributed by atoms with Crippen LogP contribution in [0.2, 0.25) is 0 Å². The van der Waals surface area contributed by atoms with Gasteiger partial charge in [0.25, 0.3) is 0 Å². The molecule has 0 spiro atoms. The molecule has 2 heterocycles. The molecule has 0 atom stereocenters. The fraction of sp³-hybridized carbons (Fsp3) is 0.204. The Morgan fingerprint density at radius 2 is 1.17 bits per heavy atom.